The molecule has 2 atom stereocenters. The summed E-state index contributed by atoms with van der Waals surface area (Å²) in [5, 5.41) is 7.72. The van der Waals surface area contributed by atoms with Gasteiger partial charge in [0.05, 0.1) is 17.7 Å². The molecule has 2 fully saturated rings. The van der Waals surface area contributed by atoms with Gasteiger partial charge in [-0.25, -0.2) is 8.42 Å². The van der Waals surface area contributed by atoms with Gasteiger partial charge in [0.2, 0.25) is 0 Å². The van der Waals surface area contributed by atoms with Gasteiger partial charge in [-0.2, -0.15) is 5.10 Å². The van der Waals surface area contributed by atoms with Gasteiger partial charge in [0.1, 0.15) is 0 Å². The summed E-state index contributed by atoms with van der Waals surface area (Å²) in [7, 11) is -0.888. The second kappa shape index (κ2) is 9.38. The number of halogens is 1. The van der Waals surface area contributed by atoms with Crippen molar-refractivity contribution in [3.63, 3.8) is 0 Å². The zero-order valence-electron chi connectivity index (χ0n) is 15.6. The first kappa shape index (κ1) is 21.5. The highest BCUT2D eigenvalue weighted by atomic mass is 127. The number of aliphatic imine (C=N–C) groups is 1. The molecule has 26 heavy (non-hydrogen) atoms. The van der Waals surface area contributed by atoms with E-state index in [2.05, 4.69) is 28.4 Å². The summed E-state index contributed by atoms with van der Waals surface area (Å²) >= 11 is 0. The lowest BCUT2D eigenvalue weighted by molar-refractivity contribution is 0.479. The molecule has 148 valence electrons. The highest BCUT2D eigenvalue weighted by molar-refractivity contribution is 14.0. The van der Waals surface area contributed by atoms with Crippen LogP contribution in [0.4, 0.5) is 0 Å². The van der Waals surface area contributed by atoms with Crippen molar-refractivity contribution in [1.29, 1.82) is 0 Å². The Bertz CT molecular complexity index is 718. The van der Waals surface area contributed by atoms with Crippen LogP contribution in [-0.4, -0.2) is 66.7 Å². The van der Waals surface area contributed by atoms with Gasteiger partial charge >= 0.3 is 0 Å². The van der Waals surface area contributed by atoms with Gasteiger partial charge in [0.15, 0.2) is 15.8 Å². The highest BCUT2D eigenvalue weighted by Crippen LogP contribution is 2.27. The minimum atomic E-state index is -2.83. The summed E-state index contributed by atoms with van der Waals surface area (Å²) in [5.74, 6) is 2.18. The van der Waals surface area contributed by atoms with E-state index < -0.39 is 9.84 Å². The molecule has 7 nitrogen and oxygen atoms in total. The van der Waals surface area contributed by atoms with Crippen LogP contribution in [0, 0.1) is 5.92 Å². The van der Waals surface area contributed by atoms with Gasteiger partial charge in [-0.3, -0.25) is 9.67 Å². The third-order valence-corrected chi connectivity index (χ3v) is 6.88. The van der Waals surface area contributed by atoms with E-state index in [1.165, 1.54) is 5.56 Å². The van der Waals surface area contributed by atoms with Crippen LogP contribution in [0.2, 0.25) is 0 Å². The summed E-state index contributed by atoms with van der Waals surface area (Å²) in [6, 6.07) is 0. The average molecular weight is 495 g/mol. The number of aryl methyl sites for hydroxylation is 1. The van der Waals surface area contributed by atoms with Crippen LogP contribution in [0.3, 0.4) is 0 Å². The normalized spacial score (nSPS) is 25.3. The Morgan fingerprint density at radius 3 is 2.85 bits per heavy atom. The Balaban J connectivity index is 0.00000243. The van der Waals surface area contributed by atoms with Gasteiger partial charge < -0.3 is 10.2 Å². The molecule has 0 spiro atoms. The third kappa shape index (κ3) is 5.58. The van der Waals surface area contributed by atoms with E-state index in [4.69, 9.17) is 4.99 Å². The molecule has 2 saturated heterocycles. The summed E-state index contributed by atoms with van der Waals surface area (Å²) in [4.78, 5) is 7.07. The number of guanidine groups is 1. The fourth-order valence-corrected chi connectivity index (χ4v) is 5.46. The first-order chi connectivity index (χ1) is 12.0. The average Bonchev–Trinajstić information content (AvgIpc) is 3.27. The molecule has 0 amide bonds. The van der Waals surface area contributed by atoms with Crippen molar-refractivity contribution < 1.29 is 8.42 Å². The predicted molar refractivity (Wildman–Crippen MR) is 115 cm³/mol. The van der Waals surface area contributed by atoms with Crippen LogP contribution < -0.4 is 5.32 Å². The van der Waals surface area contributed by atoms with Crippen molar-refractivity contribution in [3.05, 3.63) is 18.0 Å². The zero-order chi connectivity index (χ0) is 17.9. The van der Waals surface area contributed by atoms with Crippen molar-refractivity contribution in [2.45, 2.75) is 32.1 Å². The van der Waals surface area contributed by atoms with E-state index in [0.717, 1.165) is 44.9 Å². The largest absolute Gasteiger partial charge is 0.356 e. The number of hydrogen-bond acceptors (Lipinski definition) is 4. The fraction of sp³-hybridized carbons (Fsp3) is 0.765. The summed E-state index contributed by atoms with van der Waals surface area (Å²) in [6.45, 7) is 5.52. The Morgan fingerprint density at radius 1 is 1.42 bits per heavy atom. The van der Waals surface area contributed by atoms with E-state index >= 15 is 0 Å². The zero-order valence-corrected chi connectivity index (χ0v) is 18.7. The Labute approximate surface area is 173 Å². The van der Waals surface area contributed by atoms with Gasteiger partial charge in [-0.1, -0.05) is 6.92 Å². The predicted octanol–water partition coefficient (Wildman–Crippen LogP) is 1.62. The van der Waals surface area contributed by atoms with Crippen molar-refractivity contribution in [1.82, 2.24) is 20.0 Å². The fourth-order valence-electron chi connectivity index (χ4n) is 3.61. The minimum absolute atomic E-state index is 0. The van der Waals surface area contributed by atoms with Crippen LogP contribution >= 0.6 is 24.0 Å². The Kier molecular flexibility index (Phi) is 7.75. The maximum absolute atomic E-state index is 11.6. The maximum atomic E-state index is 11.6. The number of nitrogens with one attached hydrogen (secondary N) is 1. The molecular formula is C17H30IN5O2S. The van der Waals surface area contributed by atoms with E-state index in [1.807, 2.05) is 17.9 Å². The monoisotopic (exact) mass is 495 g/mol. The topological polar surface area (TPSA) is 79.6 Å². The Morgan fingerprint density at radius 2 is 2.23 bits per heavy atom. The maximum Gasteiger partial charge on any atom is 0.193 e. The van der Waals surface area contributed by atoms with Gasteiger partial charge in [0.25, 0.3) is 0 Å². The van der Waals surface area contributed by atoms with Crippen LogP contribution in [0.5, 0.6) is 0 Å². The first-order valence-electron chi connectivity index (χ1n) is 9.19. The molecule has 1 aromatic heterocycles. The molecule has 2 aliphatic rings. The van der Waals surface area contributed by atoms with Crippen molar-refractivity contribution in [2.24, 2.45) is 18.0 Å². The number of likely N-dealkylation sites (tertiary alicyclic amines) is 1. The number of rotatable bonds is 5. The lowest BCUT2D eigenvalue weighted by atomic mass is 10.0. The van der Waals surface area contributed by atoms with Gasteiger partial charge in [-0.05, 0) is 30.7 Å². The Hall–Kier alpha value is -0.840. The van der Waals surface area contributed by atoms with E-state index in [-0.39, 0.29) is 35.6 Å². The third-order valence-electron chi connectivity index (χ3n) is 5.04. The van der Waals surface area contributed by atoms with Crippen molar-refractivity contribution >= 4 is 39.8 Å². The molecule has 9 heteroatoms. The van der Waals surface area contributed by atoms with Crippen molar-refractivity contribution in [3.8, 4) is 0 Å². The van der Waals surface area contributed by atoms with Gasteiger partial charge in [-0.15, -0.1) is 24.0 Å². The minimum Gasteiger partial charge on any atom is -0.356 e. The number of sulfone groups is 1. The molecule has 1 aromatic rings. The quantitative estimate of drug-likeness (QED) is 0.382. The van der Waals surface area contributed by atoms with E-state index in [0.29, 0.717) is 18.2 Å². The van der Waals surface area contributed by atoms with Crippen LogP contribution in [-0.2, 0) is 16.9 Å². The number of hydrogen-bond donors (Lipinski definition) is 1. The highest BCUT2D eigenvalue weighted by Gasteiger charge is 2.29. The molecular weight excluding hydrogens is 465 g/mol. The van der Waals surface area contributed by atoms with Crippen LogP contribution in [0.25, 0.3) is 0 Å². The summed E-state index contributed by atoms with van der Waals surface area (Å²) < 4.78 is 25.1. The molecule has 0 aliphatic carbocycles. The first-order valence-corrected chi connectivity index (χ1v) is 11.0. The molecule has 1 N–H and O–H groups in total. The second-order valence-corrected chi connectivity index (χ2v) is 9.47. The second-order valence-electron chi connectivity index (χ2n) is 7.24. The molecule has 2 aliphatic heterocycles. The smallest absolute Gasteiger partial charge is 0.193 e. The lowest BCUT2D eigenvalue weighted by Gasteiger charge is -2.22. The lowest BCUT2D eigenvalue weighted by Crippen LogP contribution is -2.40. The molecule has 0 radical (unpaired) electrons. The SMILES string of the molecule is CCCNC(=NCC1CCS(=O)(=O)C1)N1CCC(c2cnn(C)c2)C1.I. The molecule has 0 bridgehead atoms. The molecule has 0 aromatic carbocycles. The number of nitrogens with zero attached hydrogens (tertiary/aromatic N) is 4. The summed E-state index contributed by atoms with van der Waals surface area (Å²) in [6.07, 6.45) is 6.92. The van der Waals surface area contributed by atoms with Crippen LogP contribution in [0.1, 0.15) is 37.7 Å². The standard InChI is InChI=1S/C17H29N5O2S.HI/c1-3-6-18-17(19-9-14-5-8-25(23,24)13-14)22-7-4-15(12-22)16-10-20-21(2)11-16;/h10-11,14-15H,3-9,12-13H2,1-2H3,(H,18,19);1H. The van der Waals surface area contributed by atoms with Gasteiger partial charge in [0, 0.05) is 45.3 Å². The van der Waals surface area contributed by atoms with Crippen LogP contribution in [0.15, 0.2) is 17.4 Å². The molecule has 3 rings (SSSR count). The molecule has 3 heterocycles. The molecule has 0 saturated carbocycles. The van der Waals surface area contributed by atoms with E-state index in [9.17, 15) is 8.42 Å². The summed E-state index contributed by atoms with van der Waals surface area (Å²) in [5.41, 5.74) is 1.28. The van der Waals surface area contributed by atoms with E-state index in [1.54, 1.807) is 0 Å². The molecule has 2 unspecified atom stereocenters. The van der Waals surface area contributed by atoms with Crippen molar-refractivity contribution in [2.75, 3.05) is 37.7 Å². The number of aromatic nitrogens is 2.